The molecule has 2 atom stereocenters. The first-order valence-corrected chi connectivity index (χ1v) is 6.56. The number of carbonyl (C=O) groups excluding carboxylic acids is 1. The summed E-state index contributed by atoms with van der Waals surface area (Å²) in [6.07, 6.45) is 2.98. The second kappa shape index (κ2) is 5.90. The second-order valence-corrected chi connectivity index (χ2v) is 5.21. The molecule has 5 nitrogen and oxygen atoms in total. The predicted octanol–water partition coefficient (Wildman–Crippen LogP) is 2.83. The molecule has 2 rings (SSSR count). The third kappa shape index (κ3) is 3.46. The number of hydrogen-bond acceptors (Lipinski definition) is 2. The lowest BCUT2D eigenvalue weighted by atomic mass is 10.1. The van der Waals surface area contributed by atoms with E-state index in [-0.39, 0.29) is 11.7 Å². The molecule has 1 aromatic rings. The summed E-state index contributed by atoms with van der Waals surface area (Å²) in [5.41, 5.74) is -0.184. The fraction of sp³-hybridized carbons (Fsp3) is 0.429. The van der Waals surface area contributed by atoms with Crippen molar-refractivity contribution in [1.82, 2.24) is 5.32 Å². The van der Waals surface area contributed by atoms with E-state index >= 15 is 0 Å². The van der Waals surface area contributed by atoms with E-state index in [4.69, 9.17) is 5.11 Å². The summed E-state index contributed by atoms with van der Waals surface area (Å²) in [5.74, 6) is -1.60. The molecule has 2 amide bonds. The lowest BCUT2D eigenvalue weighted by Crippen LogP contribution is -2.36. The Morgan fingerprint density at radius 3 is 2.65 bits per heavy atom. The number of nitrogens with one attached hydrogen (secondary N) is 2. The van der Waals surface area contributed by atoms with Crippen LogP contribution in [0.2, 0.25) is 0 Å². The van der Waals surface area contributed by atoms with Crippen molar-refractivity contribution in [2.24, 2.45) is 5.92 Å². The monoisotopic (exact) mass is 280 g/mol. The van der Waals surface area contributed by atoms with Crippen molar-refractivity contribution in [2.75, 3.05) is 5.32 Å². The Hall–Kier alpha value is -2.11. The van der Waals surface area contributed by atoms with E-state index in [9.17, 15) is 14.0 Å². The van der Waals surface area contributed by atoms with Crippen LogP contribution in [0.15, 0.2) is 18.2 Å². The number of aromatic carboxylic acids is 1. The van der Waals surface area contributed by atoms with E-state index in [2.05, 4.69) is 17.6 Å². The van der Waals surface area contributed by atoms with Crippen LogP contribution in [0.1, 0.15) is 36.5 Å². The molecule has 0 aliphatic heterocycles. The van der Waals surface area contributed by atoms with Gasteiger partial charge in [-0.25, -0.2) is 14.0 Å². The lowest BCUT2D eigenvalue weighted by Gasteiger charge is -2.13. The van der Waals surface area contributed by atoms with Crippen LogP contribution < -0.4 is 10.6 Å². The van der Waals surface area contributed by atoms with Crippen molar-refractivity contribution in [3.8, 4) is 0 Å². The first-order chi connectivity index (χ1) is 9.45. The van der Waals surface area contributed by atoms with Gasteiger partial charge in [-0.05, 0) is 43.4 Å². The standard InChI is InChI=1S/C14H17FN2O3/c1-8-2-3-9(6-8)16-14(20)17-10-4-5-11(13(18)19)12(15)7-10/h4-5,7-9H,2-3,6H2,1H3,(H,18,19)(H2,16,17,20). The normalized spacial score (nSPS) is 21.5. The number of anilines is 1. The van der Waals surface area contributed by atoms with Gasteiger partial charge in [-0.15, -0.1) is 0 Å². The molecule has 20 heavy (non-hydrogen) atoms. The summed E-state index contributed by atoms with van der Waals surface area (Å²) >= 11 is 0. The topological polar surface area (TPSA) is 78.4 Å². The van der Waals surface area contributed by atoms with Gasteiger partial charge in [0.15, 0.2) is 0 Å². The fourth-order valence-corrected chi connectivity index (χ4v) is 2.46. The zero-order valence-corrected chi connectivity index (χ0v) is 11.1. The molecule has 3 N–H and O–H groups in total. The molecule has 0 spiro atoms. The third-order valence-corrected chi connectivity index (χ3v) is 3.49. The van der Waals surface area contributed by atoms with Gasteiger partial charge in [0.2, 0.25) is 0 Å². The van der Waals surface area contributed by atoms with E-state index < -0.39 is 23.4 Å². The minimum Gasteiger partial charge on any atom is -0.478 e. The smallest absolute Gasteiger partial charge is 0.338 e. The van der Waals surface area contributed by atoms with Crippen molar-refractivity contribution in [2.45, 2.75) is 32.2 Å². The molecule has 0 aromatic heterocycles. The number of carbonyl (C=O) groups is 2. The predicted molar refractivity (Wildman–Crippen MR) is 72.3 cm³/mol. The van der Waals surface area contributed by atoms with Gasteiger partial charge in [-0.2, -0.15) is 0 Å². The molecule has 6 heteroatoms. The van der Waals surface area contributed by atoms with Gasteiger partial charge >= 0.3 is 12.0 Å². The molecule has 1 fully saturated rings. The first-order valence-electron chi connectivity index (χ1n) is 6.56. The zero-order valence-electron chi connectivity index (χ0n) is 11.1. The van der Waals surface area contributed by atoms with Gasteiger partial charge < -0.3 is 15.7 Å². The van der Waals surface area contributed by atoms with Crippen LogP contribution in [0.5, 0.6) is 0 Å². The van der Waals surface area contributed by atoms with E-state index in [0.717, 1.165) is 31.4 Å². The number of urea groups is 1. The highest BCUT2D eigenvalue weighted by atomic mass is 19.1. The van der Waals surface area contributed by atoms with Gasteiger partial charge in [0.05, 0.1) is 5.56 Å². The average molecular weight is 280 g/mol. The minimum atomic E-state index is -1.33. The zero-order chi connectivity index (χ0) is 14.7. The Morgan fingerprint density at radius 1 is 1.35 bits per heavy atom. The van der Waals surface area contributed by atoms with Crippen LogP contribution in [0.3, 0.4) is 0 Å². The molecule has 0 saturated heterocycles. The summed E-state index contributed by atoms with van der Waals surface area (Å²) < 4.78 is 13.5. The molecule has 0 radical (unpaired) electrons. The quantitative estimate of drug-likeness (QED) is 0.796. The second-order valence-electron chi connectivity index (χ2n) is 5.21. The number of halogens is 1. The Kier molecular flexibility index (Phi) is 4.22. The summed E-state index contributed by atoms with van der Waals surface area (Å²) in [6, 6.07) is 3.24. The van der Waals surface area contributed by atoms with E-state index in [1.165, 1.54) is 6.07 Å². The molecule has 0 heterocycles. The average Bonchev–Trinajstić information content (AvgIpc) is 2.74. The lowest BCUT2D eigenvalue weighted by molar-refractivity contribution is 0.0692. The third-order valence-electron chi connectivity index (χ3n) is 3.49. The molecular weight excluding hydrogens is 263 g/mol. The summed E-state index contributed by atoms with van der Waals surface area (Å²) in [7, 11) is 0. The summed E-state index contributed by atoms with van der Waals surface area (Å²) in [4.78, 5) is 22.4. The molecule has 1 aliphatic rings. The molecule has 1 saturated carbocycles. The Labute approximate surface area is 116 Å². The van der Waals surface area contributed by atoms with Crippen LogP contribution in [-0.4, -0.2) is 23.1 Å². The number of benzene rings is 1. The van der Waals surface area contributed by atoms with Crippen molar-refractivity contribution in [3.05, 3.63) is 29.6 Å². The van der Waals surface area contributed by atoms with Crippen LogP contribution in [0.25, 0.3) is 0 Å². The van der Waals surface area contributed by atoms with E-state index in [1.807, 2.05) is 0 Å². The van der Waals surface area contributed by atoms with Crippen molar-refractivity contribution < 1.29 is 19.1 Å². The van der Waals surface area contributed by atoms with E-state index in [0.29, 0.717) is 5.92 Å². The van der Waals surface area contributed by atoms with Crippen molar-refractivity contribution >= 4 is 17.7 Å². The van der Waals surface area contributed by atoms with Crippen molar-refractivity contribution in [3.63, 3.8) is 0 Å². The number of rotatable bonds is 3. The number of hydrogen-bond donors (Lipinski definition) is 3. The maximum absolute atomic E-state index is 13.5. The number of carboxylic acid groups (broad SMARTS) is 1. The molecule has 0 bridgehead atoms. The van der Waals surface area contributed by atoms with Gasteiger partial charge in [0.1, 0.15) is 5.82 Å². The maximum atomic E-state index is 13.5. The van der Waals surface area contributed by atoms with Gasteiger partial charge in [0, 0.05) is 11.7 Å². The number of carboxylic acids is 1. The van der Waals surface area contributed by atoms with Crippen LogP contribution in [0, 0.1) is 11.7 Å². The maximum Gasteiger partial charge on any atom is 0.338 e. The first kappa shape index (κ1) is 14.3. The highest BCUT2D eigenvalue weighted by molar-refractivity contribution is 5.91. The summed E-state index contributed by atoms with van der Waals surface area (Å²) in [6.45, 7) is 2.14. The van der Waals surface area contributed by atoms with Gasteiger partial charge in [0.25, 0.3) is 0 Å². The van der Waals surface area contributed by atoms with Gasteiger partial charge in [-0.1, -0.05) is 6.92 Å². The Balaban J connectivity index is 1.94. The number of amides is 2. The van der Waals surface area contributed by atoms with Crippen LogP contribution >= 0.6 is 0 Å². The van der Waals surface area contributed by atoms with Crippen LogP contribution in [-0.2, 0) is 0 Å². The molecular formula is C14H17FN2O3. The highest BCUT2D eigenvalue weighted by Gasteiger charge is 2.22. The summed E-state index contributed by atoms with van der Waals surface area (Å²) in [5, 5.41) is 14.0. The Morgan fingerprint density at radius 2 is 2.10 bits per heavy atom. The van der Waals surface area contributed by atoms with Gasteiger partial charge in [-0.3, -0.25) is 0 Å². The molecule has 2 unspecified atom stereocenters. The largest absolute Gasteiger partial charge is 0.478 e. The van der Waals surface area contributed by atoms with Crippen LogP contribution in [0.4, 0.5) is 14.9 Å². The molecule has 108 valence electrons. The molecule has 1 aromatic carbocycles. The SMILES string of the molecule is CC1CCC(NC(=O)Nc2ccc(C(=O)O)c(F)c2)C1. The molecule has 1 aliphatic carbocycles. The van der Waals surface area contributed by atoms with E-state index in [1.54, 1.807) is 0 Å². The van der Waals surface area contributed by atoms with Crippen molar-refractivity contribution in [1.29, 1.82) is 0 Å². The minimum absolute atomic E-state index is 0.146. The fourth-order valence-electron chi connectivity index (χ4n) is 2.46. The highest BCUT2D eigenvalue weighted by Crippen LogP contribution is 2.24. The Bertz CT molecular complexity index is 533.